The van der Waals surface area contributed by atoms with Gasteiger partial charge in [-0.1, -0.05) is 76.3 Å². The van der Waals surface area contributed by atoms with Gasteiger partial charge in [0.05, 0.1) is 31.5 Å². The molecule has 11 nitrogen and oxygen atoms in total. The number of likely N-dealkylation sites (tertiary alicyclic amines) is 1. The van der Waals surface area contributed by atoms with Gasteiger partial charge in [0.15, 0.2) is 12.6 Å². The largest absolute Gasteiger partial charge is 0.466 e. The van der Waals surface area contributed by atoms with Crippen LogP contribution in [0.15, 0.2) is 48.6 Å². The van der Waals surface area contributed by atoms with Crippen LogP contribution in [-0.4, -0.2) is 101 Å². The van der Waals surface area contributed by atoms with Crippen molar-refractivity contribution in [3.8, 4) is 0 Å². The number of esters is 3. The van der Waals surface area contributed by atoms with Gasteiger partial charge in [-0.15, -0.1) is 0 Å². The monoisotopic (exact) mass is 960 g/mol. The van der Waals surface area contributed by atoms with Crippen molar-refractivity contribution in [2.24, 2.45) is 5.41 Å². The third kappa shape index (κ3) is 37.1. The van der Waals surface area contributed by atoms with Crippen LogP contribution < -0.4 is 0 Å². The van der Waals surface area contributed by atoms with Crippen molar-refractivity contribution >= 4 is 17.9 Å². The van der Waals surface area contributed by atoms with Gasteiger partial charge in [-0.05, 0) is 181 Å². The zero-order chi connectivity index (χ0) is 49.6. The van der Waals surface area contributed by atoms with E-state index < -0.39 is 18.0 Å². The maximum Gasteiger partial charge on any atom is 0.312 e. The number of carbonyl (C=O) groups is 3. The maximum absolute atomic E-state index is 13.6. The van der Waals surface area contributed by atoms with E-state index in [9.17, 15) is 14.4 Å². The Morgan fingerprint density at radius 1 is 0.471 bits per heavy atom. The van der Waals surface area contributed by atoms with Gasteiger partial charge in [-0.3, -0.25) is 14.4 Å². The molecule has 394 valence electrons. The number of hydrogen-bond donors (Lipinski definition) is 0. The van der Waals surface area contributed by atoms with Crippen LogP contribution in [0.4, 0.5) is 0 Å². The summed E-state index contributed by atoms with van der Waals surface area (Å²) in [6, 6.07) is 0. The quantitative estimate of drug-likeness (QED) is 0.0191. The Bertz CT molecular complexity index is 1200. The van der Waals surface area contributed by atoms with Gasteiger partial charge < -0.3 is 38.1 Å². The van der Waals surface area contributed by atoms with Crippen LogP contribution in [0, 0.1) is 5.41 Å². The number of nitrogens with zero attached hydrogens (tertiary/aromatic N) is 1. The molecule has 1 fully saturated rings. The second-order valence-corrected chi connectivity index (χ2v) is 18.7. The minimum Gasteiger partial charge on any atom is -0.466 e. The van der Waals surface area contributed by atoms with Crippen molar-refractivity contribution in [2.75, 3.05) is 59.8 Å². The van der Waals surface area contributed by atoms with Crippen molar-refractivity contribution in [1.82, 2.24) is 4.90 Å². The molecule has 0 N–H and O–H groups in total. The Morgan fingerprint density at radius 2 is 0.809 bits per heavy atom. The first-order valence-electron chi connectivity index (χ1n) is 27.4. The summed E-state index contributed by atoms with van der Waals surface area (Å²) in [5.74, 6) is -0.635. The highest BCUT2D eigenvalue weighted by Gasteiger charge is 2.38. The Morgan fingerprint density at radius 3 is 1.15 bits per heavy atom. The van der Waals surface area contributed by atoms with E-state index in [1.807, 2.05) is 6.92 Å². The van der Waals surface area contributed by atoms with Crippen LogP contribution in [0.5, 0.6) is 0 Å². The van der Waals surface area contributed by atoms with E-state index in [-0.39, 0.29) is 36.9 Å². The van der Waals surface area contributed by atoms with Gasteiger partial charge in [0, 0.05) is 39.3 Å². The number of unbranched alkanes of at least 4 members (excludes halogenated alkanes) is 10. The Kier molecular flexibility index (Phi) is 42.1. The summed E-state index contributed by atoms with van der Waals surface area (Å²) in [7, 11) is 2.09. The van der Waals surface area contributed by atoms with Crippen LogP contribution in [-0.2, 0) is 47.5 Å². The molecule has 0 radical (unpaired) electrons. The van der Waals surface area contributed by atoms with E-state index in [4.69, 9.17) is 33.2 Å². The van der Waals surface area contributed by atoms with Crippen molar-refractivity contribution in [3.63, 3.8) is 0 Å². The molecule has 0 aromatic heterocycles. The van der Waals surface area contributed by atoms with E-state index >= 15 is 0 Å². The number of piperidine rings is 1. The lowest BCUT2D eigenvalue weighted by Crippen LogP contribution is -2.42. The highest BCUT2D eigenvalue weighted by atomic mass is 16.7. The predicted molar refractivity (Wildman–Crippen MR) is 277 cm³/mol. The summed E-state index contributed by atoms with van der Waals surface area (Å²) in [6.45, 7) is 15.4. The molecule has 0 aliphatic carbocycles. The van der Waals surface area contributed by atoms with Crippen LogP contribution in [0.1, 0.15) is 214 Å². The van der Waals surface area contributed by atoms with Gasteiger partial charge in [0.1, 0.15) is 6.10 Å². The average molecular weight is 960 g/mol. The molecule has 0 spiro atoms. The van der Waals surface area contributed by atoms with Gasteiger partial charge in [0.25, 0.3) is 0 Å². The van der Waals surface area contributed by atoms with Crippen molar-refractivity contribution in [2.45, 2.75) is 233 Å². The normalized spacial score (nSPS) is 14.5. The highest BCUT2D eigenvalue weighted by Crippen LogP contribution is 2.33. The molecular weight excluding hydrogens is 859 g/mol. The molecule has 0 amide bonds. The van der Waals surface area contributed by atoms with Gasteiger partial charge in [0.2, 0.25) is 0 Å². The topological polar surface area (TPSA) is 119 Å². The van der Waals surface area contributed by atoms with Crippen molar-refractivity contribution in [1.29, 1.82) is 0 Å². The minimum absolute atomic E-state index is 0.130. The number of rotatable bonds is 46. The number of ether oxygens (including phenoxy) is 7. The van der Waals surface area contributed by atoms with Crippen LogP contribution in [0.3, 0.4) is 0 Å². The smallest absolute Gasteiger partial charge is 0.312 e. The fourth-order valence-electron chi connectivity index (χ4n) is 7.69. The van der Waals surface area contributed by atoms with E-state index in [0.717, 1.165) is 142 Å². The lowest BCUT2D eigenvalue weighted by molar-refractivity contribution is -0.164. The third-order valence-corrected chi connectivity index (χ3v) is 12.3. The number of carbonyl (C=O) groups excluding carboxylic acids is 3. The van der Waals surface area contributed by atoms with E-state index in [1.165, 1.54) is 0 Å². The molecule has 68 heavy (non-hydrogen) atoms. The van der Waals surface area contributed by atoms with Crippen molar-refractivity contribution in [3.05, 3.63) is 48.6 Å². The molecule has 0 atom stereocenters. The van der Waals surface area contributed by atoms with Crippen LogP contribution in [0.2, 0.25) is 0 Å². The zero-order valence-corrected chi connectivity index (χ0v) is 44.3. The van der Waals surface area contributed by atoms with Crippen molar-refractivity contribution < 1.29 is 47.5 Å². The standard InChI is InChI=1S/C57H101NO10/c1-7-11-15-19-23-29-47-64-54(65-48-30-24-20-16-12-8-2)39-37-52(59)62-45-33-27-35-51(68-56(61)57(5)41-43-58(6)44-42-57)36-28-34-46-63-53(60)38-40-55(66-49-31-25-21-17-13-9-3)67-50-32-26-22-18-14-10-4/h11-18,51,54-55H,7-10,19-50H2,1-6H3/b15-11-,16-12-,17-13-,18-14-. The summed E-state index contributed by atoms with van der Waals surface area (Å²) < 4.78 is 41.8. The maximum atomic E-state index is 13.6. The molecule has 0 aromatic carbocycles. The third-order valence-electron chi connectivity index (χ3n) is 12.3. The van der Waals surface area contributed by atoms with E-state index in [0.29, 0.717) is 78.2 Å². The SMILES string of the molecule is CC/C=C\CCCCOC(CCC(=O)OCCCCC(CCCCOC(=O)CCC(OCCCC/C=C\CC)OCCCC/C=C\CC)OC(=O)C1(C)CCN(C)CC1)OCCCC/C=C\CC. The summed E-state index contributed by atoms with van der Waals surface area (Å²) in [4.78, 5) is 41.4. The van der Waals surface area contributed by atoms with Gasteiger partial charge in [-0.2, -0.15) is 0 Å². The first kappa shape index (κ1) is 63.2. The molecule has 11 heteroatoms. The predicted octanol–water partition coefficient (Wildman–Crippen LogP) is 13.9. The first-order valence-corrected chi connectivity index (χ1v) is 27.4. The molecule has 1 aliphatic rings. The van der Waals surface area contributed by atoms with E-state index in [1.54, 1.807) is 0 Å². The number of allylic oxidation sites excluding steroid dienone is 8. The molecule has 1 rings (SSSR count). The zero-order valence-electron chi connectivity index (χ0n) is 44.3. The first-order chi connectivity index (χ1) is 33.2. The average Bonchev–Trinajstić information content (AvgIpc) is 3.33. The van der Waals surface area contributed by atoms with Crippen LogP contribution in [0.25, 0.3) is 0 Å². The van der Waals surface area contributed by atoms with Crippen LogP contribution >= 0.6 is 0 Å². The summed E-state index contributed by atoms with van der Waals surface area (Å²) in [5.41, 5.74) is -0.498. The lowest BCUT2D eigenvalue weighted by Gasteiger charge is -2.36. The summed E-state index contributed by atoms with van der Waals surface area (Å²) in [5, 5.41) is 0. The Hall–Kier alpha value is -2.83. The fourth-order valence-corrected chi connectivity index (χ4v) is 7.69. The molecule has 1 saturated heterocycles. The summed E-state index contributed by atoms with van der Waals surface area (Å²) >= 11 is 0. The molecule has 0 aromatic rings. The lowest BCUT2D eigenvalue weighted by atomic mass is 9.80. The minimum atomic E-state index is -0.498. The molecule has 0 unspecified atom stereocenters. The highest BCUT2D eigenvalue weighted by molar-refractivity contribution is 5.76. The second-order valence-electron chi connectivity index (χ2n) is 18.7. The molecule has 0 saturated carbocycles. The molecule has 0 bridgehead atoms. The summed E-state index contributed by atoms with van der Waals surface area (Å²) in [6.07, 6.45) is 40.1. The molecule has 1 aliphatic heterocycles. The van der Waals surface area contributed by atoms with E-state index in [2.05, 4.69) is 88.3 Å². The Balaban J connectivity index is 2.60. The van der Waals surface area contributed by atoms with Gasteiger partial charge in [-0.25, -0.2) is 0 Å². The second kappa shape index (κ2) is 45.3. The van der Waals surface area contributed by atoms with Gasteiger partial charge >= 0.3 is 17.9 Å². The Labute approximate surface area is 415 Å². The molecular formula is C57H101NO10. The molecule has 1 heterocycles. The fraction of sp³-hybridized carbons (Fsp3) is 0.807. The number of hydrogen-bond acceptors (Lipinski definition) is 11.